The van der Waals surface area contributed by atoms with Gasteiger partial charge in [-0.2, -0.15) is 0 Å². The second-order valence-electron chi connectivity index (χ2n) is 3.10. The first-order chi connectivity index (χ1) is 7.49. The average molecular weight is 228 g/mol. The number of benzene rings is 1. The molecule has 1 aromatic rings. The number of carboxylic acids is 1. The van der Waals surface area contributed by atoms with Crippen LogP contribution in [0.3, 0.4) is 0 Å². The molecule has 16 heavy (non-hydrogen) atoms. The highest BCUT2D eigenvalue weighted by Gasteiger charge is 2.28. The quantitative estimate of drug-likeness (QED) is 0.636. The summed E-state index contributed by atoms with van der Waals surface area (Å²) in [4.78, 5) is 20.8. The molecule has 2 unspecified atom stereocenters. The van der Waals surface area contributed by atoms with Gasteiger partial charge < -0.3 is 15.3 Å². The van der Waals surface area contributed by atoms with Gasteiger partial charge in [0, 0.05) is 5.56 Å². The summed E-state index contributed by atoms with van der Waals surface area (Å²) < 4.78 is 13.5. The smallest absolute Gasteiger partial charge is 0.335 e. The number of aliphatic hydroxyl groups excluding tert-OH is 2. The average Bonchev–Trinajstić information content (AvgIpc) is 2.27. The zero-order chi connectivity index (χ0) is 12.3. The molecular formula is C10H9FO5. The van der Waals surface area contributed by atoms with Crippen molar-refractivity contribution in [1.82, 2.24) is 0 Å². The molecule has 0 saturated carbocycles. The summed E-state index contributed by atoms with van der Waals surface area (Å²) in [7, 11) is 0. The number of carbonyl (C=O) groups is 2. The van der Waals surface area contributed by atoms with E-state index in [0.29, 0.717) is 0 Å². The predicted molar refractivity (Wildman–Crippen MR) is 50.4 cm³/mol. The molecule has 0 aliphatic carbocycles. The summed E-state index contributed by atoms with van der Waals surface area (Å²) in [6.07, 6.45) is -3.83. The first-order valence-electron chi connectivity index (χ1n) is 4.31. The summed E-state index contributed by atoms with van der Waals surface area (Å²) in [6, 6.07) is 3.55. The highest BCUT2D eigenvalue weighted by atomic mass is 19.1. The molecule has 0 bridgehead atoms. The first kappa shape index (κ1) is 12.3. The number of aliphatic hydroxyl groups is 2. The SMILES string of the molecule is O=Cc1cccc(C(O)C(O)C(=O)O)c1F. The fourth-order valence-corrected chi connectivity index (χ4v) is 1.19. The molecule has 0 saturated heterocycles. The Morgan fingerprint density at radius 2 is 2.00 bits per heavy atom. The van der Waals surface area contributed by atoms with Crippen molar-refractivity contribution in [3.05, 3.63) is 35.1 Å². The van der Waals surface area contributed by atoms with Crippen LogP contribution in [0.4, 0.5) is 4.39 Å². The third-order valence-electron chi connectivity index (χ3n) is 2.06. The van der Waals surface area contributed by atoms with Crippen LogP contribution in [0, 0.1) is 5.82 Å². The molecule has 6 heteroatoms. The Hall–Kier alpha value is -1.79. The monoisotopic (exact) mass is 228 g/mol. The predicted octanol–water partition coefficient (Wildman–Crippen LogP) is 0.117. The molecule has 0 radical (unpaired) electrons. The largest absolute Gasteiger partial charge is 0.479 e. The van der Waals surface area contributed by atoms with Crippen molar-refractivity contribution < 1.29 is 29.3 Å². The van der Waals surface area contributed by atoms with Gasteiger partial charge in [0.05, 0.1) is 5.56 Å². The van der Waals surface area contributed by atoms with E-state index in [4.69, 9.17) is 10.2 Å². The van der Waals surface area contributed by atoms with Gasteiger partial charge in [0.25, 0.3) is 0 Å². The third-order valence-corrected chi connectivity index (χ3v) is 2.06. The highest BCUT2D eigenvalue weighted by molar-refractivity contribution is 5.76. The van der Waals surface area contributed by atoms with Crippen LogP contribution in [0.1, 0.15) is 22.0 Å². The number of hydrogen-bond acceptors (Lipinski definition) is 4. The van der Waals surface area contributed by atoms with Crippen molar-refractivity contribution in [2.75, 3.05) is 0 Å². The molecule has 0 fully saturated rings. The number of aldehydes is 1. The van der Waals surface area contributed by atoms with Crippen LogP contribution >= 0.6 is 0 Å². The molecule has 86 valence electrons. The van der Waals surface area contributed by atoms with Crippen LogP contribution in [0.5, 0.6) is 0 Å². The maximum Gasteiger partial charge on any atom is 0.335 e. The normalized spacial score (nSPS) is 14.2. The van der Waals surface area contributed by atoms with Gasteiger partial charge in [0.2, 0.25) is 0 Å². The molecule has 0 aliphatic heterocycles. The van der Waals surface area contributed by atoms with E-state index in [1.807, 2.05) is 0 Å². The molecule has 3 N–H and O–H groups in total. The molecule has 0 aliphatic rings. The van der Waals surface area contributed by atoms with E-state index in [0.717, 1.165) is 6.07 Å². The Morgan fingerprint density at radius 3 is 2.50 bits per heavy atom. The lowest BCUT2D eigenvalue weighted by Crippen LogP contribution is -2.28. The van der Waals surface area contributed by atoms with E-state index >= 15 is 0 Å². The number of rotatable bonds is 4. The van der Waals surface area contributed by atoms with Crippen LogP contribution in [-0.2, 0) is 4.79 Å². The number of halogens is 1. The standard InChI is InChI=1S/C10H9FO5/c11-7-5(4-12)2-1-3-6(7)8(13)9(14)10(15)16/h1-4,8-9,13-14H,(H,15,16). The van der Waals surface area contributed by atoms with Gasteiger partial charge in [0.1, 0.15) is 11.9 Å². The summed E-state index contributed by atoms with van der Waals surface area (Å²) in [6.45, 7) is 0. The number of hydrogen-bond donors (Lipinski definition) is 3. The van der Waals surface area contributed by atoms with E-state index in [-0.39, 0.29) is 11.8 Å². The van der Waals surface area contributed by atoms with Gasteiger partial charge in [-0.1, -0.05) is 12.1 Å². The van der Waals surface area contributed by atoms with Gasteiger partial charge in [-0.15, -0.1) is 0 Å². The van der Waals surface area contributed by atoms with Gasteiger partial charge in [-0.25, -0.2) is 9.18 Å². The molecule has 0 aromatic heterocycles. The van der Waals surface area contributed by atoms with Crippen molar-refractivity contribution in [2.45, 2.75) is 12.2 Å². The fourth-order valence-electron chi connectivity index (χ4n) is 1.19. The van der Waals surface area contributed by atoms with Gasteiger partial charge in [-0.05, 0) is 6.07 Å². The lowest BCUT2D eigenvalue weighted by Gasteiger charge is -2.15. The van der Waals surface area contributed by atoms with Crippen molar-refractivity contribution >= 4 is 12.3 Å². The van der Waals surface area contributed by atoms with E-state index in [1.165, 1.54) is 12.1 Å². The van der Waals surface area contributed by atoms with Crippen molar-refractivity contribution in [2.24, 2.45) is 0 Å². The topological polar surface area (TPSA) is 94.8 Å². The summed E-state index contributed by atoms with van der Waals surface area (Å²) in [5.74, 6) is -2.71. The van der Waals surface area contributed by atoms with Crippen LogP contribution in [0.25, 0.3) is 0 Å². The second-order valence-corrected chi connectivity index (χ2v) is 3.10. The molecular weight excluding hydrogens is 219 g/mol. The first-order valence-corrected chi connectivity index (χ1v) is 4.31. The molecule has 0 heterocycles. The zero-order valence-corrected chi connectivity index (χ0v) is 8.00. The number of carboxylic acid groups (broad SMARTS) is 1. The Labute approximate surface area is 89.8 Å². The van der Waals surface area contributed by atoms with Gasteiger partial charge in [-0.3, -0.25) is 4.79 Å². The fraction of sp³-hybridized carbons (Fsp3) is 0.200. The van der Waals surface area contributed by atoms with Crippen molar-refractivity contribution in [3.8, 4) is 0 Å². The van der Waals surface area contributed by atoms with Crippen LogP contribution in [-0.4, -0.2) is 33.7 Å². The van der Waals surface area contributed by atoms with E-state index in [1.54, 1.807) is 0 Å². The zero-order valence-electron chi connectivity index (χ0n) is 8.00. The highest BCUT2D eigenvalue weighted by Crippen LogP contribution is 2.22. The number of carbonyl (C=O) groups excluding carboxylic acids is 1. The van der Waals surface area contributed by atoms with E-state index < -0.39 is 29.6 Å². The summed E-state index contributed by atoms with van der Waals surface area (Å²) >= 11 is 0. The molecule has 1 aromatic carbocycles. The minimum absolute atomic E-state index is 0.235. The Kier molecular flexibility index (Phi) is 3.70. The van der Waals surface area contributed by atoms with E-state index in [9.17, 15) is 19.1 Å². The molecule has 2 atom stereocenters. The van der Waals surface area contributed by atoms with Gasteiger partial charge in [0.15, 0.2) is 12.4 Å². The summed E-state index contributed by atoms with van der Waals surface area (Å²) in [5, 5.41) is 26.8. The summed E-state index contributed by atoms with van der Waals surface area (Å²) in [5.41, 5.74) is -0.742. The Morgan fingerprint density at radius 1 is 1.38 bits per heavy atom. The second kappa shape index (κ2) is 4.82. The Bertz CT molecular complexity index is 418. The lowest BCUT2D eigenvalue weighted by atomic mass is 10.0. The minimum Gasteiger partial charge on any atom is -0.479 e. The van der Waals surface area contributed by atoms with E-state index in [2.05, 4.69) is 0 Å². The third kappa shape index (κ3) is 2.23. The van der Waals surface area contributed by atoms with Gasteiger partial charge >= 0.3 is 5.97 Å². The number of aliphatic carboxylic acids is 1. The molecule has 1 rings (SSSR count). The minimum atomic E-state index is -2.14. The lowest BCUT2D eigenvalue weighted by molar-refractivity contribution is -0.153. The van der Waals surface area contributed by atoms with Crippen LogP contribution < -0.4 is 0 Å². The maximum absolute atomic E-state index is 13.5. The molecule has 0 spiro atoms. The Balaban J connectivity index is 3.13. The molecule has 0 amide bonds. The van der Waals surface area contributed by atoms with Crippen molar-refractivity contribution in [1.29, 1.82) is 0 Å². The molecule has 5 nitrogen and oxygen atoms in total. The van der Waals surface area contributed by atoms with Crippen LogP contribution in [0.2, 0.25) is 0 Å². The van der Waals surface area contributed by atoms with Crippen molar-refractivity contribution in [3.63, 3.8) is 0 Å². The maximum atomic E-state index is 13.5. The van der Waals surface area contributed by atoms with Crippen LogP contribution in [0.15, 0.2) is 18.2 Å².